The molecule has 148 valence electrons. The van der Waals surface area contributed by atoms with E-state index in [2.05, 4.69) is 10.5 Å². The zero-order valence-electron chi connectivity index (χ0n) is 15.7. The predicted molar refractivity (Wildman–Crippen MR) is 109 cm³/mol. The summed E-state index contributed by atoms with van der Waals surface area (Å²) in [7, 11) is 0. The number of carbonyl (C=O) groups excluding carboxylic acids is 1. The van der Waals surface area contributed by atoms with Gasteiger partial charge in [-0.15, -0.1) is 0 Å². The number of hydrazone groups is 1. The first-order chi connectivity index (χ1) is 14.1. The summed E-state index contributed by atoms with van der Waals surface area (Å²) in [6.45, 7) is 1.98. The number of carbonyl (C=O) groups is 1. The molecule has 3 rings (SSSR count). The highest BCUT2D eigenvalue weighted by Gasteiger charge is 2.14. The number of amides is 1. The van der Waals surface area contributed by atoms with E-state index in [0.717, 1.165) is 16.3 Å². The molecule has 3 aromatic carbocycles. The van der Waals surface area contributed by atoms with Crippen molar-refractivity contribution in [3.05, 3.63) is 76.3 Å². The highest BCUT2D eigenvalue weighted by Crippen LogP contribution is 2.27. The predicted octanol–water partition coefficient (Wildman–Crippen LogP) is 3.68. The Kier molecular flexibility index (Phi) is 6.36. The third-order valence-electron chi connectivity index (χ3n) is 4.03. The zero-order chi connectivity index (χ0) is 20.6. The van der Waals surface area contributed by atoms with Crippen LogP contribution in [0.5, 0.6) is 11.5 Å². The van der Waals surface area contributed by atoms with Crippen LogP contribution < -0.4 is 14.9 Å². The summed E-state index contributed by atoms with van der Waals surface area (Å²) in [6, 6.07) is 17.4. The van der Waals surface area contributed by atoms with E-state index in [-0.39, 0.29) is 11.4 Å². The molecule has 0 fully saturated rings. The van der Waals surface area contributed by atoms with Crippen LogP contribution in [0.4, 0.5) is 5.69 Å². The van der Waals surface area contributed by atoms with Gasteiger partial charge in [0, 0.05) is 11.6 Å². The Bertz CT molecular complexity index is 1070. The first-order valence-corrected chi connectivity index (χ1v) is 8.93. The lowest BCUT2D eigenvalue weighted by molar-refractivity contribution is -0.385. The lowest BCUT2D eigenvalue weighted by atomic mass is 10.0. The Morgan fingerprint density at radius 1 is 1.07 bits per heavy atom. The summed E-state index contributed by atoms with van der Waals surface area (Å²) in [5.41, 5.74) is 2.90. The van der Waals surface area contributed by atoms with Crippen LogP contribution in [-0.4, -0.2) is 30.3 Å². The van der Waals surface area contributed by atoms with Crippen molar-refractivity contribution in [3.8, 4) is 11.5 Å². The van der Waals surface area contributed by atoms with E-state index < -0.39 is 17.4 Å². The maximum Gasteiger partial charge on any atom is 0.310 e. The molecular weight excluding hydrogens is 374 g/mol. The minimum absolute atomic E-state index is 0.0179. The van der Waals surface area contributed by atoms with Gasteiger partial charge in [-0.05, 0) is 29.8 Å². The molecule has 0 aliphatic carbocycles. The van der Waals surface area contributed by atoms with Crippen LogP contribution in [0.1, 0.15) is 12.5 Å². The van der Waals surface area contributed by atoms with Crippen molar-refractivity contribution in [3.63, 3.8) is 0 Å². The van der Waals surface area contributed by atoms with E-state index in [1.165, 1.54) is 24.4 Å². The van der Waals surface area contributed by atoms with Crippen LogP contribution in [0.25, 0.3) is 10.8 Å². The van der Waals surface area contributed by atoms with E-state index in [1.54, 1.807) is 6.07 Å². The Labute approximate surface area is 166 Å². The van der Waals surface area contributed by atoms with Gasteiger partial charge in [0.2, 0.25) is 0 Å². The number of hydrogen-bond acceptors (Lipinski definition) is 6. The van der Waals surface area contributed by atoms with Gasteiger partial charge in [-0.1, -0.05) is 42.5 Å². The minimum Gasteiger partial charge on any atom is -0.493 e. The first-order valence-electron chi connectivity index (χ1n) is 8.93. The number of nitrogens with zero attached hydrogens (tertiary/aromatic N) is 2. The summed E-state index contributed by atoms with van der Waals surface area (Å²) in [5, 5.41) is 16.9. The second-order valence-electron chi connectivity index (χ2n) is 5.94. The average Bonchev–Trinajstić information content (AvgIpc) is 2.73. The highest BCUT2D eigenvalue weighted by molar-refractivity contribution is 6.02. The number of benzene rings is 3. The van der Waals surface area contributed by atoms with Crippen molar-refractivity contribution < 1.29 is 19.2 Å². The van der Waals surface area contributed by atoms with Crippen LogP contribution in [0, 0.1) is 10.1 Å². The van der Waals surface area contributed by atoms with Crippen molar-refractivity contribution >= 4 is 28.6 Å². The van der Waals surface area contributed by atoms with E-state index in [0.29, 0.717) is 12.4 Å². The third-order valence-corrected chi connectivity index (χ3v) is 4.03. The monoisotopic (exact) mass is 393 g/mol. The van der Waals surface area contributed by atoms with Gasteiger partial charge >= 0.3 is 5.69 Å². The van der Waals surface area contributed by atoms with Crippen LogP contribution in [0.2, 0.25) is 0 Å². The minimum atomic E-state index is -0.568. The van der Waals surface area contributed by atoms with Crippen molar-refractivity contribution in [2.75, 3.05) is 13.2 Å². The molecule has 0 radical (unpaired) electrons. The van der Waals surface area contributed by atoms with Gasteiger partial charge in [-0.25, -0.2) is 5.43 Å². The number of para-hydroxylation sites is 2. The van der Waals surface area contributed by atoms with E-state index in [1.807, 2.05) is 43.3 Å². The fourth-order valence-electron chi connectivity index (χ4n) is 2.76. The van der Waals surface area contributed by atoms with E-state index >= 15 is 0 Å². The zero-order valence-corrected chi connectivity index (χ0v) is 15.7. The summed E-state index contributed by atoms with van der Waals surface area (Å²) in [5.74, 6) is 0.127. The van der Waals surface area contributed by atoms with Gasteiger partial charge in [0.1, 0.15) is 5.75 Å². The van der Waals surface area contributed by atoms with Crippen molar-refractivity contribution in [1.82, 2.24) is 5.43 Å². The molecule has 1 amide bonds. The maximum absolute atomic E-state index is 12.0. The molecule has 0 unspecified atom stereocenters. The van der Waals surface area contributed by atoms with Crippen LogP contribution in [-0.2, 0) is 4.79 Å². The van der Waals surface area contributed by atoms with Crippen molar-refractivity contribution in [1.29, 1.82) is 0 Å². The molecule has 0 spiro atoms. The van der Waals surface area contributed by atoms with Crippen LogP contribution in [0.15, 0.2) is 65.8 Å². The number of fused-ring (bicyclic) bond motifs is 1. The molecule has 0 bridgehead atoms. The summed E-state index contributed by atoms with van der Waals surface area (Å²) in [4.78, 5) is 22.4. The number of nitro groups is 1. The fraction of sp³-hybridized carbons (Fsp3) is 0.143. The molecule has 3 aromatic rings. The van der Waals surface area contributed by atoms with Crippen LogP contribution in [0.3, 0.4) is 0 Å². The number of hydrogen-bond donors (Lipinski definition) is 1. The molecule has 0 aromatic heterocycles. The van der Waals surface area contributed by atoms with Crippen molar-refractivity contribution in [2.24, 2.45) is 5.10 Å². The largest absolute Gasteiger partial charge is 0.493 e. The molecule has 0 saturated heterocycles. The average molecular weight is 393 g/mol. The number of rotatable bonds is 8. The van der Waals surface area contributed by atoms with Gasteiger partial charge in [-0.3, -0.25) is 14.9 Å². The van der Waals surface area contributed by atoms with Gasteiger partial charge < -0.3 is 9.47 Å². The molecule has 8 nitrogen and oxygen atoms in total. The number of ether oxygens (including phenoxy) is 2. The smallest absolute Gasteiger partial charge is 0.310 e. The van der Waals surface area contributed by atoms with Crippen LogP contribution >= 0.6 is 0 Å². The van der Waals surface area contributed by atoms with Gasteiger partial charge in [0.25, 0.3) is 5.91 Å². The molecule has 8 heteroatoms. The number of nitro benzene ring substituents is 1. The van der Waals surface area contributed by atoms with Gasteiger partial charge in [0.05, 0.1) is 17.7 Å². The molecular formula is C21H19N3O5. The lowest BCUT2D eigenvalue weighted by Gasteiger charge is -2.10. The molecule has 0 atom stereocenters. The molecule has 0 saturated carbocycles. The molecule has 0 aliphatic heterocycles. The number of nitrogens with one attached hydrogen (secondary N) is 1. The summed E-state index contributed by atoms with van der Waals surface area (Å²) < 4.78 is 10.9. The third kappa shape index (κ3) is 4.86. The van der Waals surface area contributed by atoms with Gasteiger partial charge in [-0.2, -0.15) is 5.10 Å². The quantitative estimate of drug-likeness (QED) is 0.357. The summed E-state index contributed by atoms with van der Waals surface area (Å²) in [6.07, 6.45) is 1.51. The molecule has 0 heterocycles. The van der Waals surface area contributed by atoms with Crippen molar-refractivity contribution in [2.45, 2.75) is 6.92 Å². The Morgan fingerprint density at radius 3 is 2.62 bits per heavy atom. The van der Waals surface area contributed by atoms with Gasteiger partial charge in [0.15, 0.2) is 12.4 Å². The molecule has 1 N–H and O–H groups in total. The second kappa shape index (κ2) is 9.32. The first kappa shape index (κ1) is 19.8. The highest BCUT2D eigenvalue weighted by atomic mass is 16.6. The molecule has 29 heavy (non-hydrogen) atoms. The standard InChI is InChI=1S/C21H19N3O5/c1-2-28-19-12-11-15-7-3-4-8-16(15)17(19)13-22-23-21(25)14-29-20-10-6-5-9-18(20)24(26)27/h3-13H,2,14H2,1H3,(H,23,25)/b22-13+. The Hall–Kier alpha value is -3.94. The normalized spacial score (nSPS) is 10.8. The molecule has 0 aliphatic rings. The lowest BCUT2D eigenvalue weighted by Crippen LogP contribution is -2.24. The van der Waals surface area contributed by atoms with E-state index in [4.69, 9.17) is 9.47 Å². The Balaban J connectivity index is 1.69. The fourth-order valence-corrected chi connectivity index (χ4v) is 2.76. The SMILES string of the molecule is CCOc1ccc2ccccc2c1/C=N/NC(=O)COc1ccccc1[N+](=O)[O-]. The topological polar surface area (TPSA) is 103 Å². The summed E-state index contributed by atoms with van der Waals surface area (Å²) >= 11 is 0. The Morgan fingerprint density at radius 2 is 1.83 bits per heavy atom. The second-order valence-corrected chi connectivity index (χ2v) is 5.94. The van der Waals surface area contributed by atoms with E-state index in [9.17, 15) is 14.9 Å². The maximum atomic E-state index is 12.0.